The normalized spacial score (nSPS) is 17.6. The number of aromatic nitrogens is 1. The standard InChI is InChI=1S/C15H18N4O3/c1-9-15(10(2)22-18-9)11-3-4-13(14(7-11)19(20)21)17-12-5-6-16-8-12/h3-4,7,12,16-17H,5-6,8H2,1-2H3. The molecule has 1 unspecified atom stereocenters. The summed E-state index contributed by atoms with van der Waals surface area (Å²) >= 11 is 0. The molecule has 1 saturated heterocycles. The molecule has 22 heavy (non-hydrogen) atoms. The lowest BCUT2D eigenvalue weighted by Crippen LogP contribution is -2.22. The number of nitrogens with zero attached hydrogens (tertiary/aromatic N) is 2. The van der Waals surface area contributed by atoms with Crippen LogP contribution in [0, 0.1) is 24.0 Å². The molecule has 2 aromatic rings. The second kappa shape index (κ2) is 5.76. The third-order valence-corrected chi connectivity index (χ3v) is 3.94. The highest BCUT2D eigenvalue weighted by molar-refractivity contribution is 5.75. The maximum absolute atomic E-state index is 11.4. The van der Waals surface area contributed by atoms with E-state index < -0.39 is 0 Å². The van der Waals surface area contributed by atoms with Crippen LogP contribution >= 0.6 is 0 Å². The average Bonchev–Trinajstić information content (AvgIpc) is 3.10. The second-order valence-corrected chi connectivity index (χ2v) is 5.52. The van der Waals surface area contributed by atoms with Crippen LogP contribution in [0.2, 0.25) is 0 Å². The van der Waals surface area contributed by atoms with Gasteiger partial charge in [-0.05, 0) is 38.4 Å². The van der Waals surface area contributed by atoms with Crippen molar-refractivity contribution < 1.29 is 9.45 Å². The largest absolute Gasteiger partial charge is 0.375 e. The molecule has 1 fully saturated rings. The van der Waals surface area contributed by atoms with E-state index in [0.717, 1.165) is 36.3 Å². The van der Waals surface area contributed by atoms with Gasteiger partial charge in [-0.2, -0.15) is 0 Å². The summed E-state index contributed by atoms with van der Waals surface area (Å²) in [6, 6.07) is 5.43. The molecular formula is C15H18N4O3. The highest BCUT2D eigenvalue weighted by Gasteiger charge is 2.22. The Hall–Kier alpha value is -2.41. The molecule has 3 rings (SSSR count). The van der Waals surface area contributed by atoms with Gasteiger partial charge >= 0.3 is 0 Å². The number of hydrogen-bond acceptors (Lipinski definition) is 6. The first-order valence-corrected chi connectivity index (χ1v) is 7.25. The third kappa shape index (κ3) is 2.67. The number of benzene rings is 1. The monoisotopic (exact) mass is 302 g/mol. The van der Waals surface area contributed by atoms with Gasteiger partial charge in [0.15, 0.2) is 0 Å². The summed E-state index contributed by atoms with van der Waals surface area (Å²) in [4.78, 5) is 11.0. The van der Waals surface area contributed by atoms with E-state index in [2.05, 4.69) is 15.8 Å². The van der Waals surface area contributed by atoms with Gasteiger partial charge in [0.05, 0.1) is 10.6 Å². The summed E-state index contributed by atoms with van der Waals surface area (Å²) in [5.74, 6) is 0.660. The molecule has 1 atom stereocenters. The van der Waals surface area contributed by atoms with Gasteiger partial charge in [-0.1, -0.05) is 11.2 Å². The number of nitrogens with one attached hydrogen (secondary N) is 2. The lowest BCUT2D eigenvalue weighted by atomic mass is 10.0. The topological polar surface area (TPSA) is 93.2 Å². The highest BCUT2D eigenvalue weighted by Crippen LogP contribution is 2.34. The zero-order valence-electron chi connectivity index (χ0n) is 12.5. The molecule has 1 aromatic heterocycles. The summed E-state index contributed by atoms with van der Waals surface area (Å²) in [5.41, 5.74) is 2.92. The minimum absolute atomic E-state index is 0.0735. The Balaban J connectivity index is 1.98. The van der Waals surface area contributed by atoms with E-state index in [1.54, 1.807) is 19.1 Å². The summed E-state index contributed by atoms with van der Waals surface area (Å²) < 4.78 is 5.14. The zero-order chi connectivity index (χ0) is 15.7. The van der Waals surface area contributed by atoms with Gasteiger partial charge in [-0.15, -0.1) is 0 Å². The number of aryl methyl sites for hydroxylation is 2. The van der Waals surface area contributed by atoms with E-state index in [1.807, 2.05) is 13.0 Å². The van der Waals surface area contributed by atoms with Crippen LogP contribution in [0.15, 0.2) is 22.7 Å². The van der Waals surface area contributed by atoms with Crippen LogP contribution in [0.25, 0.3) is 11.1 Å². The summed E-state index contributed by atoms with van der Waals surface area (Å²) in [6.07, 6.45) is 0.961. The van der Waals surface area contributed by atoms with Crippen LogP contribution < -0.4 is 10.6 Å². The Bertz CT molecular complexity index is 685. The molecule has 1 aliphatic rings. The number of rotatable bonds is 4. The lowest BCUT2D eigenvalue weighted by Gasteiger charge is -2.13. The maximum atomic E-state index is 11.4. The molecule has 2 heterocycles. The fourth-order valence-corrected chi connectivity index (χ4v) is 2.85. The molecular weight excluding hydrogens is 284 g/mol. The molecule has 1 aliphatic heterocycles. The average molecular weight is 302 g/mol. The maximum Gasteiger partial charge on any atom is 0.292 e. The predicted molar refractivity (Wildman–Crippen MR) is 83.0 cm³/mol. The fourth-order valence-electron chi connectivity index (χ4n) is 2.85. The van der Waals surface area contributed by atoms with Crippen molar-refractivity contribution in [3.05, 3.63) is 39.8 Å². The van der Waals surface area contributed by atoms with Gasteiger partial charge in [0.25, 0.3) is 5.69 Å². The van der Waals surface area contributed by atoms with Crippen molar-refractivity contribution in [1.29, 1.82) is 0 Å². The highest BCUT2D eigenvalue weighted by atomic mass is 16.6. The molecule has 116 valence electrons. The Labute approximate surface area is 127 Å². The van der Waals surface area contributed by atoms with E-state index in [4.69, 9.17) is 4.52 Å². The minimum Gasteiger partial charge on any atom is -0.375 e. The number of nitro benzene ring substituents is 1. The van der Waals surface area contributed by atoms with Crippen molar-refractivity contribution in [2.24, 2.45) is 0 Å². The lowest BCUT2D eigenvalue weighted by molar-refractivity contribution is -0.383. The molecule has 1 aromatic carbocycles. The summed E-state index contributed by atoms with van der Waals surface area (Å²) in [5, 5.41) is 21.8. The van der Waals surface area contributed by atoms with E-state index >= 15 is 0 Å². The zero-order valence-corrected chi connectivity index (χ0v) is 12.5. The van der Waals surface area contributed by atoms with Crippen LogP contribution in [-0.4, -0.2) is 29.2 Å². The molecule has 7 nitrogen and oxygen atoms in total. The van der Waals surface area contributed by atoms with Crippen molar-refractivity contribution >= 4 is 11.4 Å². The second-order valence-electron chi connectivity index (χ2n) is 5.52. The van der Waals surface area contributed by atoms with Crippen molar-refractivity contribution in [3.63, 3.8) is 0 Å². The minimum atomic E-state index is -0.355. The van der Waals surface area contributed by atoms with E-state index in [9.17, 15) is 10.1 Å². The SMILES string of the molecule is Cc1noc(C)c1-c1ccc(NC2CCNC2)c([N+](=O)[O-])c1. The fraction of sp³-hybridized carbons (Fsp3) is 0.400. The molecule has 7 heteroatoms. The molecule has 0 spiro atoms. The number of anilines is 1. The predicted octanol–water partition coefficient (Wildman–Crippen LogP) is 2.64. The van der Waals surface area contributed by atoms with Gasteiger partial charge in [0.1, 0.15) is 11.4 Å². The quantitative estimate of drug-likeness (QED) is 0.666. The van der Waals surface area contributed by atoms with Crippen LogP contribution in [0.1, 0.15) is 17.9 Å². The Kier molecular flexibility index (Phi) is 3.81. The van der Waals surface area contributed by atoms with Gasteiger partial charge in [0.2, 0.25) is 0 Å². The molecule has 0 radical (unpaired) electrons. The van der Waals surface area contributed by atoms with E-state index in [-0.39, 0.29) is 16.7 Å². The number of hydrogen-bond donors (Lipinski definition) is 2. The van der Waals surface area contributed by atoms with Gasteiger partial charge in [-0.25, -0.2) is 0 Å². The van der Waals surface area contributed by atoms with E-state index in [0.29, 0.717) is 11.4 Å². The van der Waals surface area contributed by atoms with Crippen LogP contribution in [0.3, 0.4) is 0 Å². The molecule has 2 N–H and O–H groups in total. The summed E-state index contributed by atoms with van der Waals surface area (Å²) in [7, 11) is 0. The van der Waals surface area contributed by atoms with Crippen molar-refractivity contribution in [3.8, 4) is 11.1 Å². The van der Waals surface area contributed by atoms with Crippen LogP contribution in [0.5, 0.6) is 0 Å². The Morgan fingerprint density at radius 1 is 1.45 bits per heavy atom. The Morgan fingerprint density at radius 2 is 2.27 bits per heavy atom. The smallest absolute Gasteiger partial charge is 0.292 e. The third-order valence-electron chi connectivity index (χ3n) is 3.94. The first kappa shape index (κ1) is 14.5. The molecule has 0 bridgehead atoms. The van der Waals surface area contributed by atoms with Crippen molar-refractivity contribution in [2.45, 2.75) is 26.3 Å². The van der Waals surface area contributed by atoms with Gasteiger partial charge in [0, 0.05) is 24.2 Å². The summed E-state index contributed by atoms with van der Waals surface area (Å²) in [6.45, 7) is 5.39. The molecule has 0 saturated carbocycles. The Morgan fingerprint density at radius 3 is 2.86 bits per heavy atom. The van der Waals surface area contributed by atoms with E-state index in [1.165, 1.54) is 0 Å². The van der Waals surface area contributed by atoms with Crippen molar-refractivity contribution in [2.75, 3.05) is 18.4 Å². The first-order chi connectivity index (χ1) is 10.6. The molecule has 0 amide bonds. The molecule has 0 aliphatic carbocycles. The first-order valence-electron chi connectivity index (χ1n) is 7.25. The van der Waals surface area contributed by atoms with Gasteiger partial charge in [-0.3, -0.25) is 10.1 Å². The van der Waals surface area contributed by atoms with Gasteiger partial charge < -0.3 is 15.2 Å². The van der Waals surface area contributed by atoms with Crippen LogP contribution in [0.4, 0.5) is 11.4 Å². The number of nitro groups is 1. The van der Waals surface area contributed by atoms with Crippen molar-refractivity contribution in [1.82, 2.24) is 10.5 Å². The van der Waals surface area contributed by atoms with Crippen LogP contribution in [-0.2, 0) is 0 Å².